The third-order valence-corrected chi connectivity index (χ3v) is 4.50. The number of benzene rings is 1. The van der Waals surface area contributed by atoms with Crippen molar-refractivity contribution < 1.29 is 9.18 Å². The Morgan fingerprint density at radius 3 is 2.50 bits per heavy atom. The van der Waals surface area contributed by atoms with E-state index in [1.165, 1.54) is 18.6 Å². The predicted molar refractivity (Wildman–Crippen MR) is 81.9 cm³/mol. The minimum Gasteiger partial charge on any atom is -0.396 e. The van der Waals surface area contributed by atoms with E-state index in [4.69, 9.17) is 5.73 Å². The van der Waals surface area contributed by atoms with E-state index >= 15 is 0 Å². The molecule has 1 fully saturated rings. The zero-order chi connectivity index (χ0) is 14.9. The maximum absolute atomic E-state index is 13.3. The third kappa shape index (κ3) is 3.51. The lowest BCUT2D eigenvalue weighted by Gasteiger charge is -2.32. The number of nitrogens with two attached hydrogens (primary N) is 1. The monoisotopic (exact) mass is 342 g/mol. The Kier molecular flexibility index (Phi) is 4.68. The summed E-state index contributed by atoms with van der Waals surface area (Å²) in [6.07, 6.45) is 3.19. The van der Waals surface area contributed by atoms with Crippen molar-refractivity contribution in [3.05, 3.63) is 28.0 Å². The van der Waals surface area contributed by atoms with Crippen LogP contribution in [-0.4, -0.2) is 11.9 Å². The van der Waals surface area contributed by atoms with Crippen LogP contribution in [0.3, 0.4) is 0 Å². The van der Waals surface area contributed by atoms with Gasteiger partial charge in [-0.15, -0.1) is 0 Å². The van der Waals surface area contributed by atoms with Crippen molar-refractivity contribution in [1.29, 1.82) is 0 Å². The first-order valence-corrected chi connectivity index (χ1v) is 7.71. The van der Waals surface area contributed by atoms with E-state index in [0.717, 1.165) is 12.8 Å². The third-order valence-electron chi connectivity index (χ3n) is 3.84. The Morgan fingerprint density at radius 2 is 1.90 bits per heavy atom. The Hall–Kier alpha value is -1.10. The molecule has 2 unspecified atom stereocenters. The molecule has 1 aromatic rings. The van der Waals surface area contributed by atoms with Crippen molar-refractivity contribution in [2.45, 2.75) is 39.2 Å². The summed E-state index contributed by atoms with van der Waals surface area (Å²) in [7, 11) is 0. The van der Waals surface area contributed by atoms with Gasteiger partial charge in [0.25, 0.3) is 5.91 Å². The minimum absolute atomic E-state index is 0.0104. The Morgan fingerprint density at radius 1 is 1.30 bits per heavy atom. The molecule has 0 aromatic heterocycles. The van der Waals surface area contributed by atoms with Gasteiger partial charge in [0.2, 0.25) is 0 Å². The molecule has 1 saturated carbocycles. The number of hydrogen-bond acceptors (Lipinski definition) is 2. The number of anilines is 1. The molecule has 0 heterocycles. The summed E-state index contributed by atoms with van der Waals surface area (Å²) in [6, 6.07) is 2.79. The van der Waals surface area contributed by atoms with E-state index in [2.05, 4.69) is 35.1 Å². The topological polar surface area (TPSA) is 55.1 Å². The molecule has 3 nitrogen and oxygen atoms in total. The van der Waals surface area contributed by atoms with Gasteiger partial charge in [0, 0.05) is 10.5 Å². The second kappa shape index (κ2) is 6.12. The number of carbonyl (C=O) groups excluding carboxylic acids is 1. The molecule has 0 saturated heterocycles. The quantitative estimate of drug-likeness (QED) is 0.804. The number of hydrogen-bond donors (Lipinski definition) is 2. The lowest BCUT2D eigenvalue weighted by atomic mass is 9.80. The lowest BCUT2D eigenvalue weighted by Crippen LogP contribution is -2.40. The summed E-state index contributed by atoms with van der Waals surface area (Å²) in [6.45, 7) is 4.42. The van der Waals surface area contributed by atoms with Crippen LogP contribution in [0, 0.1) is 17.7 Å². The van der Waals surface area contributed by atoms with Crippen LogP contribution < -0.4 is 11.1 Å². The van der Waals surface area contributed by atoms with Crippen molar-refractivity contribution in [3.63, 3.8) is 0 Å². The lowest BCUT2D eigenvalue weighted by molar-refractivity contribution is 0.0910. The zero-order valence-electron chi connectivity index (χ0n) is 11.7. The van der Waals surface area contributed by atoms with Gasteiger partial charge in [-0.05, 0) is 59.2 Å². The van der Waals surface area contributed by atoms with E-state index in [0.29, 0.717) is 21.9 Å². The fourth-order valence-electron chi connectivity index (χ4n) is 3.07. The summed E-state index contributed by atoms with van der Waals surface area (Å²) in [5, 5.41) is 3.04. The summed E-state index contributed by atoms with van der Waals surface area (Å²) in [4.78, 5) is 12.3. The Labute approximate surface area is 127 Å². The van der Waals surface area contributed by atoms with Crippen molar-refractivity contribution in [3.8, 4) is 0 Å². The minimum atomic E-state index is -0.520. The van der Waals surface area contributed by atoms with Crippen LogP contribution in [0.5, 0.6) is 0 Å². The smallest absolute Gasteiger partial charge is 0.252 e. The molecule has 5 heteroatoms. The molecule has 0 radical (unpaired) electrons. The molecule has 1 aromatic carbocycles. The van der Waals surface area contributed by atoms with Gasteiger partial charge in [0.15, 0.2) is 0 Å². The predicted octanol–water partition coefficient (Wildman–Crippen LogP) is 3.72. The first kappa shape index (κ1) is 15.3. The number of amides is 1. The van der Waals surface area contributed by atoms with E-state index in [9.17, 15) is 9.18 Å². The number of nitrogens with one attached hydrogen (secondary N) is 1. The molecular weight excluding hydrogens is 323 g/mol. The molecule has 1 aliphatic rings. The fourth-order valence-corrected chi connectivity index (χ4v) is 3.56. The van der Waals surface area contributed by atoms with E-state index < -0.39 is 5.82 Å². The molecule has 110 valence electrons. The summed E-state index contributed by atoms with van der Waals surface area (Å²) in [5.41, 5.74) is 5.90. The van der Waals surface area contributed by atoms with Crippen LogP contribution in [-0.2, 0) is 0 Å². The summed E-state index contributed by atoms with van der Waals surface area (Å²) >= 11 is 3.21. The van der Waals surface area contributed by atoms with Gasteiger partial charge < -0.3 is 11.1 Å². The van der Waals surface area contributed by atoms with Crippen molar-refractivity contribution in [2.75, 3.05) is 5.73 Å². The van der Waals surface area contributed by atoms with Crippen molar-refractivity contribution in [1.82, 2.24) is 5.32 Å². The highest BCUT2D eigenvalue weighted by Crippen LogP contribution is 2.29. The van der Waals surface area contributed by atoms with E-state index in [-0.39, 0.29) is 17.6 Å². The molecule has 2 rings (SSSR count). The standard InChI is InChI=1S/C15H20BrFN2O/c1-8-3-9(2)5-10(4-8)19-15(20)11-6-14(18)13(17)7-12(11)16/h6-10H,3-5,18H2,1-2H3,(H,19,20). The first-order chi connectivity index (χ1) is 9.36. The molecule has 2 atom stereocenters. The first-order valence-electron chi connectivity index (χ1n) is 6.92. The van der Waals surface area contributed by atoms with Gasteiger partial charge in [-0.3, -0.25) is 4.79 Å². The van der Waals surface area contributed by atoms with E-state index in [1.54, 1.807) is 0 Å². The highest BCUT2D eigenvalue weighted by molar-refractivity contribution is 9.10. The second-order valence-corrected chi connectivity index (χ2v) is 6.80. The number of halogens is 2. The maximum atomic E-state index is 13.3. The van der Waals surface area contributed by atoms with Gasteiger partial charge in [-0.1, -0.05) is 13.8 Å². The van der Waals surface area contributed by atoms with Gasteiger partial charge in [-0.25, -0.2) is 4.39 Å². The summed E-state index contributed by atoms with van der Waals surface area (Å²) in [5.74, 6) is 0.514. The number of carbonyl (C=O) groups is 1. The van der Waals surface area contributed by atoms with Crippen LogP contribution >= 0.6 is 15.9 Å². The highest BCUT2D eigenvalue weighted by atomic mass is 79.9. The Bertz CT molecular complexity index is 511. The van der Waals surface area contributed by atoms with Gasteiger partial charge in [0.05, 0.1) is 11.3 Å². The molecule has 20 heavy (non-hydrogen) atoms. The van der Waals surface area contributed by atoms with Crippen LogP contribution in [0.25, 0.3) is 0 Å². The molecule has 0 aliphatic heterocycles. The molecular formula is C15H20BrFN2O. The maximum Gasteiger partial charge on any atom is 0.252 e. The highest BCUT2D eigenvalue weighted by Gasteiger charge is 2.26. The fraction of sp³-hybridized carbons (Fsp3) is 0.533. The van der Waals surface area contributed by atoms with Gasteiger partial charge in [0.1, 0.15) is 5.82 Å². The van der Waals surface area contributed by atoms with Gasteiger partial charge in [-0.2, -0.15) is 0 Å². The zero-order valence-corrected chi connectivity index (χ0v) is 13.3. The van der Waals surface area contributed by atoms with Crippen molar-refractivity contribution >= 4 is 27.5 Å². The molecule has 1 aliphatic carbocycles. The largest absolute Gasteiger partial charge is 0.396 e. The molecule has 0 spiro atoms. The summed E-state index contributed by atoms with van der Waals surface area (Å²) < 4.78 is 13.7. The number of nitrogen functional groups attached to an aromatic ring is 1. The Balaban J connectivity index is 2.10. The molecule has 0 bridgehead atoms. The van der Waals surface area contributed by atoms with E-state index in [1.807, 2.05) is 0 Å². The van der Waals surface area contributed by atoms with Gasteiger partial charge >= 0.3 is 0 Å². The van der Waals surface area contributed by atoms with Crippen LogP contribution in [0.1, 0.15) is 43.5 Å². The number of rotatable bonds is 2. The SMILES string of the molecule is CC1CC(C)CC(NC(=O)c2cc(N)c(F)cc2Br)C1. The molecule has 1 amide bonds. The van der Waals surface area contributed by atoms with Crippen molar-refractivity contribution in [2.24, 2.45) is 11.8 Å². The molecule has 3 N–H and O–H groups in total. The van der Waals surface area contributed by atoms with Crippen LogP contribution in [0.2, 0.25) is 0 Å². The van der Waals surface area contributed by atoms with Crippen LogP contribution in [0.4, 0.5) is 10.1 Å². The normalized spacial score (nSPS) is 26.3. The average Bonchev–Trinajstić information content (AvgIpc) is 2.32. The average molecular weight is 343 g/mol. The second-order valence-electron chi connectivity index (χ2n) is 5.94. The van der Waals surface area contributed by atoms with Crippen LogP contribution in [0.15, 0.2) is 16.6 Å².